The first-order valence-electron chi connectivity index (χ1n) is 53.1. The molecular formula is C109H154Cl3F3N22O12. The molecule has 6 saturated heterocycles. The van der Waals surface area contributed by atoms with E-state index in [9.17, 15) is 37.1 Å². The van der Waals surface area contributed by atoms with Crippen molar-refractivity contribution in [3.63, 3.8) is 0 Å². The van der Waals surface area contributed by atoms with Gasteiger partial charge in [-0.1, -0.05) is 36.6 Å². The molecule has 16 heterocycles. The SMILES string of the molecule is CC(=O)C1COCCC1=O.CC(C)(C)OC(=O)N1CCCCC1c1cc(N)n[nH]1.COCCO.Cc1c2c(nc3cc(C4CCCCN4)nn13)CCCC2.Cc1c2c(nc3cc(C4CCCCN4C(=O)OC(C)(C)C)nn13)CCCC2.Cc1cccc2ncnc(Cl)c12.Cc1nc2cc(C3CCCCN3)nn2c2c1CCCC2.Cc1nc2cc(C3CCCCN3C(=O)OC(C)(C)C)nn2c2c1CCCC2.ClCCl.O=CC(F)(F)F. The van der Waals surface area contributed by atoms with Crippen LogP contribution in [0.3, 0.4) is 0 Å². The number of aliphatic hydroxyl groups excluding tert-OH is 1. The van der Waals surface area contributed by atoms with Gasteiger partial charge in [0, 0.05) is 114 Å². The van der Waals surface area contributed by atoms with Crippen molar-refractivity contribution in [3.05, 3.63) is 162 Å². The Balaban J connectivity index is 0.000000153. The van der Waals surface area contributed by atoms with Gasteiger partial charge in [-0.05, 0) is 337 Å². The number of hydrogen-bond donors (Lipinski definition) is 5. The number of hydrogen-bond acceptors (Lipinski definition) is 26. The number of carbonyl (C=O) groups excluding carboxylic acids is 6. The van der Waals surface area contributed by atoms with E-state index in [-0.39, 0.29) is 66.5 Å². The topological polar surface area (TPSA) is 404 Å². The summed E-state index contributed by atoms with van der Waals surface area (Å²) < 4.78 is 65.6. The Bertz CT molecular complexity index is 6270. The average Bonchev–Trinajstić information content (AvgIpc) is 1.63. The number of H-pyrrole nitrogens is 1. The van der Waals surface area contributed by atoms with Crippen LogP contribution in [0.1, 0.15) is 355 Å². The van der Waals surface area contributed by atoms with Gasteiger partial charge in [-0.2, -0.15) is 38.7 Å². The fourth-order valence-corrected chi connectivity index (χ4v) is 21.0. The molecule has 10 aliphatic rings. The maximum absolute atomic E-state index is 12.8. The van der Waals surface area contributed by atoms with Crippen LogP contribution in [0.2, 0.25) is 5.15 Å². The number of alkyl halides is 5. The highest BCUT2D eigenvalue weighted by Gasteiger charge is 2.39. The molecule has 21 rings (SSSR count). The summed E-state index contributed by atoms with van der Waals surface area (Å²) in [6.07, 6.45) is 30.9. The smallest absolute Gasteiger partial charge is 0.444 e. The molecule has 10 aromatic heterocycles. The fourth-order valence-electron chi connectivity index (χ4n) is 20.7. The van der Waals surface area contributed by atoms with Gasteiger partial charge in [0.25, 0.3) is 0 Å². The monoisotopic (exact) mass is 2130 g/mol. The zero-order chi connectivity index (χ0) is 108. The molecule has 1 aromatic carbocycles. The number of nitrogens with zero attached hydrogens (tertiary/aromatic N) is 18. The van der Waals surface area contributed by atoms with E-state index >= 15 is 0 Å². The third-order valence-electron chi connectivity index (χ3n) is 27.8. The van der Waals surface area contributed by atoms with Crippen LogP contribution in [0.4, 0.5) is 33.4 Å². The summed E-state index contributed by atoms with van der Waals surface area (Å²) in [6, 6.07) is 16.9. The number of aryl methyl sites for hydroxylation is 9. The number of nitrogen functional groups attached to an aromatic ring is 1. The summed E-state index contributed by atoms with van der Waals surface area (Å²) in [5.41, 5.74) is 30.8. The molecule has 34 nitrogen and oxygen atoms in total. The molecule has 4 aliphatic carbocycles. The molecular weight excluding hydrogens is 1970 g/mol. The molecule has 3 amide bonds. The lowest BCUT2D eigenvalue weighted by Gasteiger charge is -2.36. The Morgan fingerprint density at radius 1 is 0.523 bits per heavy atom. The molecule has 6 N–H and O–H groups in total. The van der Waals surface area contributed by atoms with Crippen molar-refractivity contribution in [2.24, 2.45) is 5.92 Å². The van der Waals surface area contributed by atoms with E-state index in [4.69, 9.17) is 110 Å². The number of nitrogens with two attached hydrogens (primary N) is 1. The molecule has 40 heteroatoms. The molecule has 0 radical (unpaired) electrons. The summed E-state index contributed by atoms with van der Waals surface area (Å²) in [4.78, 5) is 101. The fraction of sp³-hybridized carbons (Fsp3) is 0.624. The number of aromatic amines is 1. The Morgan fingerprint density at radius 2 is 0.926 bits per heavy atom. The average molecular weight is 2130 g/mol. The van der Waals surface area contributed by atoms with E-state index in [0.29, 0.717) is 49.2 Å². The first-order valence-corrected chi connectivity index (χ1v) is 54.5. The van der Waals surface area contributed by atoms with Crippen LogP contribution >= 0.6 is 34.8 Å². The van der Waals surface area contributed by atoms with Crippen molar-refractivity contribution in [3.8, 4) is 0 Å². The van der Waals surface area contributed by atoms with Gasteiger partial charge in [-0.25, -0.2) is 62.3 Å². The molecule has 0 spiro atoms. The van der Waals surface area contributed by atoms with E-state index in [0.717, 1.165) is 184 Å². The molecule has 0 bridgehead atoms. The number of nitrogens with one attached hydrogen (secondary N) is 3. The van der Waals surface area contributed by atoms with Gasteiger partial charge >= 0.3 is 24.5 Å². The van der Waals surface area contributed by atoms with E-state index in [2.05, 4.69) is 96.5 Å². The van der Waals surface area contributed by atoms with Crippen molar-refractivity contribution in [1.82, 2.24) is 104 Å². The van der Waals surface area contributed by atoms with Crippen molar-refractivity contribution < 1.29 is 70.7 Å². The van der Waals surface area contributed by atoms with Crippen LogP contribution in [-0.4, -0.2) is 229 Å². The number of carbonyl (C=O) groups is 6. The number of benzene rings is 1. The van der Waals surface area contributed by atoms with E-state index in [1.165, 1.54) is 189 Å². The number of halogens is 6. The van der Waals surface area contributed by atoms with Crippen LogP contribution in [0, 0.1) is 40.5 Å². The van der Waals surface area contributed by atoms with Gasteiger partial charge in [-0.3, -0.25) is 34.2 Å². The maximum Gasteiger partial charge on any atom is 0.446 e. The minimum Gasteiger partial charge on any atom is -0.444 e. The van der Waals surface area contributed by atoms with E-state index in [1.54, 1.807) is 18.1 Å². The number of likely N-dealkylation sites (tertiary alicyclic amines) is 3. The van der Waals surface area contributed by atoms with Gasteiger partial charge in [0.15, 0.2) is 22.6 Å². The van der Waals surface area contributed by atoms with Crippen LogP contribution < -0.4 is 16.4 Å². The molecule has 6 atom stereocenters. The predicted octanol–water partition coefficient (Wildman–Crippen LogP) is 21.2. The number of piperidine rings is 5. The molecule has 149 heavy (non-hydrogen) atoms. The van der Waals surface area contributed by atoms with Crippen LogP contribution in [-0.2, 0) is 89.4 Å². The highest BCUT2D eigenvalue weighted by Crippen LogP contribution is 2.40. The van der Waals surface area contributed by atoms with Gasteiger partial charge in [0.1, 0.15) is 45.7 Å². The third kappa shape index (κ3) is 32.5. The zero-order valence-corrected chi connectivity index (χ0v) is 92.0. The minimum absolute atomic E-state index is 0.0200. The second-order valence-electron chi connectivity index (χ2n) is 42.5. The zero-order valence-electron chi connectivity index (χ0n) is 89.8. The number of anilines is 1. The summed E-state index contributed by atoms with van der Waals surface area (Å²) >= 11 is 15.4. The maximum atomic E-state index is 12.8. The molecule has 6 unspecified atom stereocenters. The van der Waals surface area contributed by atoms with Crippen molar-refractivity contribution in [1.29, 1.82) is 0 Å². The highest BCUT2D eigenvalue weighted by atomic mass is 35.5. The Hall–Kier alpha value is -10.7. The Labute approximate surface area is 887 Å². The highest BCUT2D eigenvalue weighted by molar-refractivity contribution is 6.40. The van der Waals surface area contributed by atoms with Crippen LogP contribution in [0.25, 0.3) is 33.5 Å². The Morgan fingerprint density at radius 3 is 1.32 bits per heavy atom. The van der Waals surface area contributed by atoms with Gasteiger partial charge in [0.2, 0.25) is 6.29 Å². The van der Waals surface area contributed by atoms with Gasteiger partial charge < -0.3 is 45.2 Å². The van der Waals surface area contributed by atoms with Gasteiger partial charge in [0.05, 0.1) is 102 Å². The third-order valence-corrected chi connectivity index (χ3v) is 28.1. The number of aldehydes is 1. The first-order chi connectivity index (χ1) is 71.1. The normalized spacial score (nSPS) is 19.7. The lowest BCUT2D eigenvalue weighted by Crippen LogP contribution is -2.42. The lowest BCUT2D eigenvalue weighted by molar-refractivity contribution is -0.156. The number of rotatable bonds is 8. The van der Waals surface area contributed by atoms with Crippen molar-refractivity contribution in [2.45, 2.75) is 363 Å². The largest absolute Gasteiger partial charge is 0.446 e. The first kappa shape index (κ1) is 117. The molecule has 0 saturated carbocycles. The predicted molar refractivity (Wildman–Crippen MR) is 570 cm³/mol. The number of ketones is 2. The van der Waals surface area contributed by atoms with Crippen molar-refractivity contribution >= 4 is 110 Å². The lowest BCUT2D eigenvalue weighted by atomic mass is 9.95. The number of fused-ring (bicyclic) bond motifs is 11. The summed E-state index contributed by atoms with van der Waals surface area (Å²) in [7, 11) is 1.55. The van der Waals surface area contributed by atoms with Crippen LogP contribution in [0.15, 0.2) is 54.9 Å². The number of ether oxygens (including phenoxy) is 5. The Kier molecular flexibility index (Phi) is 42.8. The minimum atomic E-state index is -4.64. The summed E-state index contributed by atoms with van der Waals surface area (Å²) in [5.74, 6) is -0.0816. The number of methoxy groups -OCH3 is 1. The molecule has 6 fully saturated rings. The number of amides is 3. The molecule has 814 valence electrons. The van der Waals surface area contributed by atoms with Crippen molar-refractivity contribution in [2.75, 3.05) is 77.3 Å². The number of Topliss-reactive ketones (excluding diaryl/α,β-unsaturated/α-hetero) is 2. The molecule has 6 aliphatic heterocycles. The molecule has 11 aromatic rings. The van der Waals surface area contributed by atoms with E-state index in [1.807, 2.05) is 106 Å². The standard InChI is InChI=1S/2C21H30N4O2.2C16H22N4.C13H22N4O2.C9H7ClN2.C7H10O3.C3H8O2.C2HF3O.CH2Cl2/c1-14-15-9-5-6-10-17(15)25-19(22-14)13-16(23-25)18-11-7-8-12-24(18)20(26)27-21(2,3)4;1-14-15-9-5-6-10-16(15)22-19-13-17(23-25(14)19)18-11-7-8-12-24(18)20(26)27-21(2,3)4;1-11-12-6-2-3-8-15(12)20-16(18-11)10-14(19-20)13-7-4-5-9-17-13;1-11-12-6-2-3-7-13(12)18-16-10-15(19-20(11)16)14-8-4-5-9-17-14;1-13(2,3)19-12(18)17-7-5-4-6-10(17)9-8-11(14)16-15-9;1-6-3-2-4-7-8(6)9(10)12-5-11-7;1-5(8)6-4-10-3-2-7(6)9;1-5-3-2-4;3-2(4,5)1-6;2-1-3/h2*13,18H,5-12H2,1-4H3;10,13,17H,2-9H2,1H3;10,14,17H,2-9H2,1H3;8,10H,4-7H2,1-3H3,(H3,14,15,16);2-5H,1H3;6H,2-4H2,1H3;4H,2-3H2,1H3;1H;1H2. The van der Waals surface area contributed by atoms with E-state index < -0.39 is 35.2 Å². The second-order valence-corrected chi connectivity index (χ2v) is 43.7. The quantitative estimate of drug-likeness (QED) is 0.0310. The van der Waals surface area contributed by atoms with Crippen LogP contribution in [0.5, 0.6) is 0 Å². The summed E-state index contributed by atoms with van der Waals surface area (Å²) in [5, 5.41) is 43.1. The van der Waals surface area contributed by atoms with Gasteiger partial charge in [-0.15, -0.1) is 23.2 Å². The summed E-state index contributed by atoms with van der Waals surface area (Å²) in [6.45, 7) is 34.8. The second kappa shape index (κ2) is 54.5. The number of aliphatic hydroxyl groups is 1. The number of aromatic nitrogens is 16.